The van der Waals surface area contributed by atoms with Gasteiger partial charge in [-0.25, -0.2) is 8.42 Å². The summed E-state index contributed by atoms with van der Waals surface area (Å²) in [6, 6.07) is 10.1. The summed E-state index contributed by atoms with van der Waals surface area (Å²) < 4.78 is 26.4. The monoisotopic (exact) mass is 325 g/mol. The summed E-state index contributed by atoms with van der Waals surface area (Å²) in [6.07, 6.45) is 0. The normalized spacial score (nSPS) is 11.8. The maximum Gasteiger partial charge on any atom is 0.246 e. The van der Waals surface area contributed by atoms with Crippen LogP contribution in [0.3, 0.4) is 0 Å². The van der Waals surface area contributed by atoms with E-state index in [2.05, 4.69) is 4.98 Å². The lowest BCUT2D eigenvalue weighted by atomic mass is 10.3. The van der Waals surface area contributed by atoms with Crippen molar-refractivity contribution in [2.45, 2.75) is 18.4 Å². The topological polar surface area (TPSA) is 76.3 Å². The fraction of sp³-hybridized carbons (Fsp3) is 0.214. The van der Waals surface area contributed by atoms with Crippen LogP contribution in [0.2, 0.25) is 5.02 Å². The van der Waals surface area contributed by atoms with E-state index in [4.69, 9.17) is 17.3 Å². The van der Waals surface area contributed by atoms with Gasteiger partial charge >= 0.3 is 0 Å². The third-order valence-electron chi connectivity index (χ3n) is 3.00. The molecule has 1 heterocycles. The van der Waals surface area contributed by atoms with Crippen molar-refractivity contribution in [2.24, 2.45) is 0 Å². The first-order valence-electron chi connectivity index (χ1n) is 6.25. The Labute approximate surface area is 129 Å². The average Bonchev–Trinajstić information content (AvgIpc) is 2.38. The second kappa shape index (κ2) is 6.01. The number of nitrogen functional groups attached to an aromatic ring is 1. The molecule has 2 aromatic rings. The van der Waals surface area contributed by atoms with Gasteiger partial charge in [0.1, 0.15) is 4.90 Å². The zero-order chi connectivity index (χ0) is 15.6. The summed E-state index contributed by atoms with van der Waals surface area (Å²) in [7, 11) is -2.30. The second-order valence-electron chi connectivity index (χ2n) is 4.69. The van der Waals surface area contributed by atoms with Gasteiger partial charge in [-0.2, -0.15) is 4.31 Å². The molecular weight excluding hydrogens is 310 g/mol. The molecule has 1 aromatic carbocycles. The summed E-state index contributed by atoms with van der Waals surface area (Å²) in [4.78, 5) is 4.23. The van der Waals surface area contributed by atoms with Crippen LogP contribution < -0.4 is 5.73 Å². The fourth-order valence-corrected chi connectivity index (χ4v) is 3.72. The van der Waals surface area contributed by atoms with Crippen molar-refractivity contribution >= 4 is 27.3 Å². The van der Waals surface area contributed by atoms with Crippen LogP contribution in [-0.2, 0) is 16.6 Å². The molecular formula is C14H16ClN3O2S. The van der Waals surface area contributed by atoms with E-state index >= 15 is 0 Å². The molecule has 0 aliphatic carbocycles. The molecule has 0 amide bonds. The Kier molecular flexibility index (Phi) is 4.51. The van der Waals surface area contributed by atoms with Gasteiger partial charge in [0.15, 0.2) is 0 Å². The van der Waals surface area contributed by atoms with Crippen LogP contribution in [0.4, 0.5) is 5.69 Å². The predicted octanol–water partition coefficient (Wildman–Crippen LogP) is 2.45. The van der Waals surface area contributed by atoms with Gasteiger partial charge in [0.2, 0.25) is 10.0 Å². The van der Waals surface area contributed by atoms with Gasteiger partial charge in [-0.05, 0) is 31.2 Å². The number of halogens is 1. The number of hydrogen-bond donors (Lipinski definition) is 1. The number of hydrogen-bond acceptors (Lipinski definition) is 4. The van der Waals surface area contributed by atoms with Gasteiger partial charge in [-0.3, -0.25) is 4.98 Å². The molecule has 0 radical (unpaired) electrons. The number of aromatic nitrogens is 1. The molecule has 2 rings (SSSR count). The Bertz CT molecular complexity index is 742. The zero-order valence-electron chi connectivity index (χ0n) is 11.7. The Morgan fingerprint density at radius 2 is 1.90 bits per heavy atom. The average molecular weight is 326 g/mol. The SMILES string of the molecule is Cc1cccc(CN(C)S(=O)(=O)c2c(N)cccc2Cl)n1. The van der Waals surface area contributed by atoms with Crippen molar-refractivity contribution in [1.29, 1.82) is 0 Å². The molecule has 0 spiro atoms. The lowest BCUT2D eigenvalue weighted by Crippen LogP contribution is -2.28. The molecule has 0 unspecified atom stereocenters. The molecule has 0 aliphatic heterocycles. The molecule has 2 N–H and O–H groups in total. The molecule has 21 heavy (non-hydrogen) atoms. The van der Waals surface area contributed by atoms with Crippen molar-refractivity contribution in [3.63, 3.8) is 0 Å². The van der Waals surface area contributed by atoms with Crippen molar-refractivity contribution in [2.75, 3.05) is 12.8 Å². The zero-order valence-corrected chi connectivity index (χ0v) is 13.3. The Morgan fingerprint density at radius 1 is 1.24 bits per heavy atom. The third kappa shape index (κ3) is 3.34. The lowest BCUT2D eigenvalue weighted by Gasteiger charge is -2.19. The molecule has 112 valence electrons. The smallest absolute Gasteiger partial charge is 0.246 e. The van der Waals surface area contributed by atoms with E-state index in [1.165, 1.54) is 23.5 Å². The molecule has 7 heteroatoms. The Hall–Kier alpha value is -1.63. The minimum absolute atomic E-state index is 0.0678. The minimum Gasteiger partial charge on any atom is -0.398 e. The van der Waals surface area contributed by atoms with Gasteiger partial charge in [0.25, 0.3) is 0 Å². The standard InChI is InChI=1S/C14H16ClN3O2S/c1-10-5-3-6-11(17-10)9-18(2)21(19,20)14-12(15)7-4-8-13(14)16/h3-8H,9,16H2,1-2H3. The van der Waals surface area contributed by atoms with E-state index in [0.29, 0.717) is 5.69 Å². The molecule has 0 saturated heterocycles. The second-order valence-corrected chi connectivity index (χ2v) is 7.08. The van der Waals surface area contributed by atoms with Crippen LogP contribution in [0.15, 0.2) is 41.3 Å². The van der Waals surface area contributed by atoms with E-state index in [1.807, 2.05) is 19.1 Å². The summed E-state index contributed by atoms with van der Waals surface area (Å²) in [5.74, 6) is 0. The number of nitrogens with zero attached hydrogens (tertiary/aromatic N) is 2. The molecule has 5 nitrogen and oxygen atoms in total. The minimum atomic E-state index is -3.77. The molecule has 0 bridgehead atoms. The first-order valence-corrected chi connectivity index (χ1v) is 8.07. The van der Waals surface area contributed by atoms with E-state index < -0.39 is 10.0 Å². The van der Waals surface area contributed by atoms with Crippen molar-refractivity contribution in [1.82, 2.24) is 9.29 Å². The van der Waals surface area contributed by atoms with Crippen LogP contribution in [0.1, 0.15) is 11.4 Å². The number of aryl methyl sites for hydroxylation is 1. The predicted molar refractivity (Wildman–Crippen MR) is 83.5 cm³/mol. The number of benzene rings is 1. The number of anilines is 1. The maximum absolute atomic E-state index is 12.6. The van der Waals surface area contributed by atoms with Crippen LogP contribution in [0.25, 0.3) is 0 Å². The van der Waals surface area contributed by atoms with Crippen molar-refractivity contribution in [3.8, 4) is 0 Å². The van der Waals surface area contributed by atoms with Crippen LogP contribution in [-0.4, -0.2) is 24.8 Å². The van der Waals surface area contributed by atoms with Crippen LogP contribution in [0.5, 0.6) is 0 Å². The quantitative estimate of drug-likeness (QED) is 0.876. The van der Waals surface area contributed by atoms with Gasteiger partial charge < -0.3 is 5.73 Å². The number of rotatable bonds is 4. The lowest BCUT2D eigenvalue weighted by molar-refractivity contribution is 0.462. The highest BCUT2D eigenvalue weighted by Crippen LogP contribution is 2.29. The fourth-order valence-electron chi connectivity index (χ4n) is 1.95. The third-order valence-corrected chi connectivity index (χ3v) is 5.34. The van der Waals surface area contributed by atoms with Gasteiger partial charge in [0.05, 0.1) is 22.9 Å². The first kappa shape index (κ1) is 15.8. The largest absolute Gasteiger partial charge is 0.398 e. The molecule has 1 aromatic heterocycles. The Balaban J connectivity index is 2.35. The summed E-state index contributed by atoms with van der Waals surface area (Å²) in [5.41, 5.74) is 7.38. The van der Waals surface area contributed by atoms with E-state index in [9.17, 15) is 8.42 Å². The molecule has 0 saturated carbocycles. The number of nitrogens with two attached hydrogens (primary N) is 1. The van der Waals surface area contributed by atoms with Gasteiger partial charge in [0, 0.05) is 12.7 Å². The highest BCUT2D eigenvalue weighted by Gasteiger charge is 2.26. The summed E-state index contributed by atoms with van der Waals surface area (Å²) in [6.45, 7) is 2.00. The summed E-state index contributed by atoms with van der Waals surface area (Å²) >= 11 is 5.98. The number of sulfonamides is 1. The van der Waals surface area contributed by atoms with Crippen molar-refractivity contribution < 1.29 is 8.42 Å². The van der Waals surface area contributed by atoms with Crippen molar-refractivity contribution in [3.05, 3.63) is 52.8 Å². The number of pyridine rings is 1. The molecule has 0 aliphatic rings. The summed E-state index contributed by atoms with van der Waals surface area (Å²) in [5, 5.41) is 0.110. The van der Waals surface area contributed by atoms with Crippen LogP contribution in [0, 0.1) is 6.92 Å². The van der Waals surface area contributed by atoms with Gasteiger partial charge in [-0.1, -0.05) is 23.7 Å². The van der Waals surface area contributed by atoms with Crippen LogP contribution >= 0.6 is 11.6 Å². The molecule has 0 fully saturated rings. The maximum atomic E-state index is 12.6. The van der Waals surface area contributed by atoms with E-state index in [1.54, 1.807) is 12.1 Å². The van der Waals surface area contributed by atoms with Gasteiger partial charge in [-0.15, -0.1) is 0 Å². The van der Waals surface area contributed by atoms with E-state index in [-0.39, 0.29) is 22.2 Å². The Morgan fingerprint density at radius 3 is 2.52 bits per heavy atom. The highest BCUT2D eigenvalue weighted by atomic mass is 35.5. The molecule has 0 atom stereocenters. The first-order chi connectivity index (χ1) is 9.82. The highest BCUT2D eigenvalue weighted by molar-refractivity contribution is 7.89. The van der Waals surface area contributed by atoms with E-state index in [0.717, 1.165) is 5.69 Å².